The van der Waals surface area contributed by atoms with Crippen molar-refractivity contribution in [2.45, 2.75) is 22.9 Å². The Balaban J connectivity index is 2.11. The van der Waals surface area contributed by atoms with Crippen molar-refractivity contribution < 1.29 is 16.8 Å². The molecular weight excluding hydrogens is 396 g/mol. The van der Waals surface area contributed by atoms with Crippen molar-refractivity contribution in [3.8, 4) is 0 Å². The van der Waals surface area contributed by atoms with E-state index in [2.05, 4.69) is 0 Å². The summed E-state index contributed by atoms with van der Waals surface area (Å²) in [5.74, 6) is 0. The number of hydrogen-bond donors (Lipinski definition) is 1. The van der Waals surface area contributed by atoms with Gasteiger partial charge in [-0.05, 0) is 35.4 Å². The summed E-state index contributed by atoms with van der Waals surface area (Å²) in [5.41, 5.74) is 7.00. The van der Waals surface area contributed by atoms with E-state index in [1.54, 1.807) is 60.7 Å². The number of benzene rings is 3. The van der Waals surface area contributed by atoms with Gasteiger partial charge in [-0.15, -0.1) is 0 Å². The van der Waals surface area contributed by atoms with Crippen LogP contribution in [0.25, 0.3) is 0 Å². The van der Waals surface area contributed by atoms with E-state index in [1.807, 2.05) is 0 Å². The first kappa shape index (κ1) is 20.2. The molecule has 0 radical (unpaired) electrons. The molecule has 0 amide bonds. The molecule has 8 heteroatoms. The summed E-state index contributed by atoms with van der Waals surface area (Å²) in [6.07, 6.45) is 0. The van der Waals surface area contributed by atoms with Gasteiger partial charge in [0.25, 0.3) is 20.0 Å². The first-order valence-corrected chi connectivity index (χ1v) is 11.4. The topological polar surface area (TPSA) is 97.5 Å². The van der Waals surface area contributed by atoms with Crippen molar-refractivity contribution in [2.75, 3.05) is 0 Å². The lowest BCUT2D eigenvalue weighted by Gasteiger charge is -2.22. The van der Waals surface area contributed by atoms with Crippen molar-refractivity contribution >= 4 is 20.0 Å². The van der Waals surface area contributed by atoms with Gasteiger partial charge in [-0.25, -0.2) is 16.8 Å². The highest BCUT2D eigenvalue weighted by molar-refractivity contribution is 8.04. The Bertz CT molecular complexity index is 1060. The smallest absolute Gasteiger partial charge is 0.256 e. The first-order chi connectivity index (χ1) is 13.4. The molecule has 0 saturated heterocycles. The molecule has 146 valence electrons. The minimum absolute atomic E-state index is 0.0897. The van der Waals surface area contributed by atoms with E-state index in [0.717, 1.165) is 5.56 Å². The molecule has 2 N–H and O–H groups in total. The van der Waals surface area contributed by atoms with Crippen molar-refractivity contribution in [1.29, 1.82) is 0 Å². The molecule has 0 fully saturated rings. The lowest BCUT2D eigenvalue weighted by Crippen LogP contribution is -2.36. The van der Waals surface area contributed by atoms with Crippen LogP contribution in [0.15, 0.2) is 94.7 Å². The van der Waals surface area contributed by atoms with E-state index in [0.29, 0.717) is 15.8 Å². The predicted octanol–water partition coefficient (Wildman–Crippen LogP) is 2.73. The molecule has 0 aliphatic rings. The Morgan fingerprint density at radius 1 is 0.607 bits per heavy atom. The molecule has 3 rings (SSSR count). The third-order valence-corrected chi connectivity index (χ3v) is 8.43. The third kappa shape index (κ3) is 4.15. The zero-order valence-corrected chi connectivity index (χ0v) is 16.6. The molecule has 0 aliphatic heterocycles. The first-order valence-electron chi connectivity index (χ1n) is 8.51. The van der Waals surface area contributed by atoms with E-state index in [4.69, 9.17) is 5.73 Å². The summed E-state index contributed by atoms with van der Waals surface area (Å²) in [5, 5.41) is 0. The molecule has 0 aromatic heterocycles. The second kappa shape index (κ2) is 8.24. The van der Waals surface area contributed by atoms with E-state index in [-0.39, 0.29) is 16.3 Å². The number of nitrogens with zero attached hydrogens (tertiary/aromatic N) is 1. The largest absolute Gasteiger partial charge is 0.326 e. The Hall–Kier alpha value is -2.52. The molecular formula is C20H20N2O4S2. The van der Waals surface area contributed by atoms with Crippen LogP contribution in [0, 0.1) is 0 Å². The van der Waals surface area contributed by atoms with Crippen LogP contribution >= 0.6 is 0 Å². The molecule has 0 heterocycles. The summed E-state index contributed by atoms with van der Waals surface area (Å²) in [7, 11) is -8.60. The van der Waals surface area contributed by atoms with E-state index >= 15 is 0 Å². The van der Waals surface area contributed by atoms with Crippen LogP contribution in [0.1, 0.15) is 11.1 Å². The van der Waals surface area contributed by atoms with Gasteiger partial charge in [0, 0.05) is 6.54 Å². The zero-order valence-electron chi connectivity index (χ0n) is 15.0. The summed E-state index contributed by atoms with van der Waals surface area (Å²) >= 11 is 0. The minimum Gasteiger partial charge on any atom is -0.326 e. The van der Waals surface area contributed by atoms with Gasteiger partial charge in [0.05, 0.1) is 16.3 Å². The molecule has 0 spiro atoms. The average molecular weight is 417 g/mol. The highest BCUT2D eigenvalue weighted by Gasteiger charge is 2.36. The number of nitrogens with two attached hydrogens (primary N) is 1. The van der Waals surface area contributed by atoms with E-state index < -0.39 is 20.0 Å². The second-order valence-electron chi connectivity index (χ2n) is 6.09. The normalized spacial score (nSPS) is 12.2. The van der Waals surface area contributed by atoms with Gasteiger partial charge in [0.1, 0.15) is 0 Å². The Kier molecular flexibility index (Phi) is 5.95. The highest BCUT2D eigenvalue weighted by atomic mass is 32.3. The molecule has 28 heavy (non-hydrogen) atoms. The van der Waals surface area contributed by atoms with Gasteiger partial charge in [-0.3, -0.25) is 0 Å². The molecule has 0 bridgehead atoms. The van der Waals surface area contributed by atoms with Crippen LogP contribution < -0.4 is 5.73 Å². The van der Waals surface area contributed by atoms with Crippen LogP contribution in [0.5, 0.6) is 0 Å². The van der Waals surface area contributed by atoms with Gasteiger partial charge in [0.2, 0.25) is 0 Å². The maximum absolute atomic E-state index is 13.2. The summed E-state index contributed by atoms with van der Waals surface area (Å²) in [6.45, 7) is 0.0218. The van der Waals surface area contributed by atoms with Gasteiger partial charge in [-0.2, -0.15) is 0 Å². The maximum atomic E-state index is 13.2. The van der Waals surface area contributed by atoms with Crippen LogP contribution in [0.3, 0.4) is 0 Å². The molecule has 3 aromatic rings. The average Bonchev–Trinajstić information content (AvgIpc) is 2.73. The number of rotatable bonds is 7. The standard InChI is InChI=1S/C20H20N2O4S2/c21-15-17-11-13-18(14-12-17)16-22(27(23,24)19-7-3-1-4-8-19)28(25,26)20-9-5-2-6-10-20/h1-14H,15-16,21H2. The van der Waals surface area contributed by atoms with E-state index in [9.17, 15) is 16.8 Å². The summed E-state index contributed by atoms with van der Waals surface area (Å²) < 4.78 is 53.4. The van der Waals surface area contributed by atoms with Crippen LogP contribution in [-0.2, 0) is 33.1 Å². The number of hydrogen-bond acceptors (Lipinski definition) is 5. The fraction of sp³-hybridized carbons (Fsp3) is 0.100. The molecule has 0 atom stereocenters. The molecule has 0 aliphatic carbocycles. The van der Waals surface area contributed by atoms with Crippen molar-refractivity contribution in [3.05, 3.63) is 96.1 Å². The Morgan fingerprint density at radius 2 is 1.00 bits per heavy atom. The molecule has 0 saturated carbocycles. The molecule has 6 nitrogen and oxygen atoms in total. The fourth-order valence-corrected chi connectivity index (χ4v) is 6.31. The van der Waals surface area contributed by atoms with Crippen LogP contribution in [0.4, 0.5) is 0 Å². The SMILES string of the molecule is NCc1ccc(CN(S(=O)(=O)c2ccccc2)S(=O)(=O)c2ccccc2)cc1. The summed E-state index contributed by atoms with van der Waals surface area (Å²) in [6, 6.07) is 21.9. The van der Waals surface area contributed by atoms with Crippen molar-refractivity contribution in [3.63, 3.8) is 0 Å². The Labute approximate surface area is 165 Å². The number of sulfonamides is 2. The van der Waals surface area contributed by atoms with Crippen LogP contribution in [0.2, 0.25) is 0 Å². The third-order valence-electron chi connectivity index (χ3n) is 4.19. The van der Waals surface area contributed by atoms with Gasteiger partial charge in [0.15, 0.2) is 0 Å². The molecule has 0 unspecified atom stereocenters. The quantitative estimate of drug-likeness (QED) is 0.639. The summed E-state index contributed by atoms with van der Waals surface area (Å²) in [4.78, 5) is -0.179. The van der Waals surface area contributed by atoms with Crippen molar-refractivity contribution in [1.82, 2.24) is 3.71 Å². The predicted molar refractivity (Wildman–Crippen MR) is 107 cm³/mol. The van der Waals surface area contributed by atoms with E-state index in [1.165, 1.54) is 24.3 Å². The maximum Gasteiger partial charge on any atom is 0.256 e. The lowest BCUT2D eigenvalue weighted by atomic mass is 10.1. The lowest BCUT2D eigenvalue weighted by molar-refractivity contribution is 0.494. The van der Waals surface area contributed by atoms with Gasteiger partial charge in [-0.1, -0.05) is 64.4 Å². The highest BCUT2D eigenvalue weighted by Crippen LogP contribution is 2.26. The van der Waals surface area contributed by atoms with Gasteiger partial charge < -0.3 is 5.73 Å². The van der Waals surface area contributed by atoms with Crippen LogP contribution in [-0.4, -0.2) is 20.5 Å². The second-order valence-corrected chi connectivity index (χ2v) is 10.0. The fourth-order valence-electron chi connectivity index (χ4n) is 2.65. The minimum atomic E-state index is -4.30. The zero-order chi connectivity index (χ0) is 20.2. The monoisotopic (exact) mass is 416 g/mol. The van der Waals surface area contributed by atoms with Crippen molar-refractivity contribution in [2.24, 2.45) is 5.73 Å². The van der Waals surface area contributed by atoms with Gasteiger partial charge >= 0.3 is 0 Å². The Morgan fingerprint density at radius 3 is 1.39 bits per heavy atom. The molecule has 3 aromatic carbocycles.